The van der Waals surface area contributed by atoms with Crippen molar-refractivity contribution in [3.8, 4) is 0 Å². The van der Waals surface area contributed by atoms with Crippen LogP contribution in [0.3, 0.4) is 0 Å². The standard InChI is InChI=1S/C16H29N5/c1-6-17-9-14-15(10-18-16(19-14)12(2)3)21-8-7-20(5)11-13(21)4/h10,12-13,17H,6-9,11H2,1-5H3. The fraction of sp³-hybridized carbons (Fsp3) is 0.750. The van der Waals surface area contributed by atoms with Gasteiger partial charge in [-0.2, -0.15) is 0 Å². The molecule has 0 bridgehead atoms. The van der Waals surface area contributed by atoms with E-state index in [0.29, 0.717) is 12.0 Å². The number of hydrogen-bond acceptors (Lipinski definition) is 5. The zero-order valence-electron chi connectivity index (χ0n) is 14.1. The van der Waals surface area contributed by atoms with E-state index in [0.717, 1.165) is 44.2 Å². The van der Waals surface area contributed by atoms with Gasteiger partial charge in [-0.3, -0.25) is 0 Å². The minimum atomic E-state index is 0.365. The summed E-state index contributed by atoms with van der Waals surface area (Å²) in [7, 11) is 2.19. The second-order valence-electron chi connectivity index (χ2n) is 6.30. The zero-order valence-corrected chi connectivity index (χ0v) is 14.1. The van der Waals surface area contributed by atoms with Gasteiger partial charge >= 0.3 is 0 Å². The summed E-state index contributed by atoms with van der Waals surface area (Å²) in [6.07, 6.45) is 2.02. The van der Waals surface area contributed by atoms with Crippen LogP contribution in [0.15, 0.2) is 6.20 Å². The highest BCUT2D eigenvalue weighted by Gasteiger charge is 2.24. The molecule has 0 spiro atoms. The minimum absolute atomic E-state index is 0.365. The summed E-state index contributed by atoms with van der Waals surface area (Å²) in [6, 6.07) is 0.498. The third-order valence-electron chi connectivity index (χ3n) is 4.06. The molecule has 1 atom stereocenters. The monoisotopic (exact) mass is 291 g/mol. The maximum Gasteiger partial charge on any atom is 0.131 e. The highest BCUT2D eigenvalue weighted by molar-refractivity contribution is 5.50. The van der Waals surface area contributed by atoms with Crippen molar-refractivity contribution in [3.05, 3.63) is 17.7 Å². The molecule has 2 heterocycles. The molecule has 0 radical (unpaired) electrons. The Balaban J connectivity index is 2.28. The molecule has 1 aromatic rings. The average Bonchev–Trinajstić information content (AvgIpc) is 2.45. The van der Waals surface area contributed by atoms with Crippen molar-refractivity contribution in [1.82, 2.24) is 20.2 Å². The van der Waals surface area contributed by atoms with Gasteiger partial charge in [0.25, 0.3) is 0 Å². The van der Waals surface area contributed by atoms with Gasteiger partial charge in [0, 0.05) is 38.1 Å². The topological polar surface area (TPSA) is 44.3 Å². The molecular formula is C16H29N5. The molecule has 1 aromatic heterocycles. The van der Waals surface area contributed by atoms with Gasteiger partial charge in [-0.1, -0.05) is 20.8 Å². The molecule has 1 aliphatic heterocycles. The Morgan fingerprint density at radius 1 is 1.38 bits per heavy atom. The highest BCUT2D eigenvalue weighted by atomic mass is 15.3. The van der Waals surface area contributed by atoms with Gasteiger partial charge in [0.15, 0.2) is 0 Å². The van der Waals surface area contributed by atoms with E-state index in [1.807, 2.05) is 6.20 Å². The summed E-state index contributed by atoms with van der Waals surface area (Å²) >= 11 is 0. The number of aromatic nitrogens is 2. The Hall–Kier alpha value is -1.20. The number of anilines is 1. The van der Waals surface area contributed by atoms with Crippen molar-refractivity contribution in [1.29, 1.82) is 0 Å². The van der Waals surface area contributed by atoms with Crippen LogP contribution in [0.1, 0.15) is 45.1 Å². The third-order valence-corrected chi connectivity index (χ3v) is 4.06. The largest absolute Gasteiger partial charge is 0.363 e. The number of likely N-dealkylation sites (N-methyl/N-ethyl adjacent to an activating group) is 1. The molecular weight excluding hydrogens is 262 g/mol. The molecule has 1 saturated heterocycles. The van der Waals surface area contributed by atoms with E-state index in [-0.39, 0.29) is 0 Å². The molecule has 5 nitrogen and oxygen atoms in total. The molecule has 0 aliphatic carbocycles. The lowest BCUT2D eigenvalue weighted by Gasteiger charge is -2.40. The van der Waals surface area contributed by atoms with Crippen molar-refractivity contribution in [2.45, 2.75) is 46.2 Å². The number of nitrogens with one attached hydrogen (secondary N) is 1. The van der Waals surface area contributed by atoms with Gasteiger partial charge in [0.1, 0.15) is 5.82 Å². The van der Waals surface area contributed by atoms with Gasteiger partial charge < -0.3 is 15.1 Å². The van der Waals surface area contributed by atoms with Gasteiger partial charge in [0.2, 0.25) is 0 Å². The van der Waals surface area contributed by atoms with Gasteiger partial charge in [-0.25, -0.2) is 9.97 Å². The smallest absolute Gasteiger partial charge is 0.131 e. The summed E-state index contributed by atoms with van der Waals surface area (Å²) in [6.45, 7) is 13.7. The van der Waals surface area contributed by atoms with E-state index in [2.05, 4.69) is 54.8 Å². The summed E-state index contributed by atoms with van der Waals surface area (Å²) in [4.78, 5) is 14.2. The molecule has 1 fully saturated rings. The Labute approximate surface area is 128 Å². The van der Waals surface area contributed by atoms with Crippen LogP contribution in [-0.4, -0.2) is 54.1 Å². The van der Waals surface area contributed by atoms with E-state index in [1.165, 1.54) is 5.69 Å². The molecule has 2 rings (SSSR count). The van der Waals surface area contributed by atoms with Crippen molar-refractivity contribution in [3.63, 3.8) is 0 Å². The van der Waals surface area contributed by atoms with Gasteiger partial charge in [-0.05, 0) is 20.5 Å². The molecule has 0 amide bonds. The van der Waals surface area contributed by atoms with E-state index < -0.39 is 0 Å². The van der Waals surface area contributed by atoms with Crippen LogP contribution in [-0.2, 0) is 6.54 Å². The lowest BCUT2D eigenvalue weighted by Crippen LogP contribution is -2.51. The summed E-state index contributed by atoms with van der Waals surface area (Å²) in [5, 5.41) is 3.41. The van der Waals surface area contributed by atoms with E-state index in [9.17, 15) is 0 Å². The maximum absolute atomic E-state index is 4.81. The normalized spacial score (nSPS) is 20.3. The SMILES string of the molecule is CCNCc1nc(C(C)C)ncc1N1CCN(C)CC1C. The van der Waals surface area contributed by atoms with Crippen LogP contribution >= 0.6 is 0 Å². The predicted octanol–water partition coefficient (Wildman–Crippen LogP) is 1.85. The van der Waals surface area contributed by atoms with E-state index >= 15 is 0 Å². The third kappa shape index (κ3) is 3.92. The van der Waals surface area contributed by atoms with Crippen LogP contribution in [0.5, 0.6) is 0 Å². The molecule has 0 saturated carbocycles. The summed E-state index contributed by atoms with van der Waals surface area (Å²) < 4.78 is 0. The molecule has 1 unspecified atom stereocenters. The Kier molecular flexibility index (Phi) is 5.53. The number of hydrogen-bond donors (Lipinski definition) is 1. The zero-order chi connectivity index (χ0) is 15.4. The summed E-state index contributed by atoms with van der Waals surface area (Å²) in [5.74, 6) is 1.30. The fourth-order valence-electron chi connectivity index (χ4n) is 2.82. The van der Waals surface area contributed by atoms with E-state index in [4.69, 9.17) is 4.98 Å². The molecule has 1 aliphatic rings. The lowest BCUT2D eigenvalue weighted by atomic mass is 10.1. The van der Waals surface area contributed by atoms with Crippen molar-refractivity contribution in [2.24, 2.45) is 0 Å². The van der Waals surface area contributed by atoms with Crippen LogP contribution in [0.25, 0.3) is 0 Å². The number of piperazine rings is 1. The van der Waals surface area contributed by atoms with Crippen molar-refractivity contribution < 1.29 is 0 Å². The van der Waals surface area contributed by atoms with Crippen LogP contribution in [0.2, 0.25) is 0 Å². The first kappa shape index (κ1) is 16.2. The highest BCUT2D eigenvalue weighted by Crippen LogP contribution is 2.24. The maximum atomic E-state index is 4.81. The van der Waals surface area contributed by atoms with Crippen molar-refractivity contribution in [2.75, 3.05) is 38.1 Å². The second kappa shape index (κ2) is 7.18. The average molecular weight is 291 g/mol. The minimum Gasteiger partial charge on any atom is -0.363 e. The van der Waals surface area contributed by atoms with Crippen LogP contribution in [0.4, 0.5) is 5.69 Å². The first-order valence-electron chi connectivity index (χ1n) is 8.04. The van der Waals surface area contributed by atoms with Gasteiger partial charge in [0.05, 0.1) is 17.6 Å². The Bertz CT molecular complexity index is 460. The summed E-state index contributed by atoms with van der Waals surface area (Å²) in [5.41, 5.74) is 2.33. The lowest BCUT2D eigenvalue weighted by molar-refractivity contribution is 0.275. The fourth-order valence-corrected chi connectivity index (χ4v) is 2.82. The Morgan fingerprint density at radius 2 is 2.14 bits per heavy atom. The second-order valence-corrected chi connectivity index (χ2v) is 6.30. The number of nitrogens with zero attached hydrogens (tertiary/aromatic N) is 4. The van der Waals surface area contributed by atoms with Crippen LogP contribution < -0.4 is 10.2 Å². The molecule has 21 heavy (non-hydrogen) atoms. The Morgan fingerprint density at radius 3 is 2.76 bits per heavy atom. The molecule has 0 aromatic carbocycles. The van der Waals surface area contributed by atoms with E-state index in [1.54, 1.807) is 0 Å². The molecule has 118 valence electrons. The first-order valence-corrected chi connectivity index (χ1v) is 8.04. The molecule has 5 heteroatoms. The predicted molar refractivity (Wildman–Crippen MR) is 87.8 cm³/mol. The van der Waals surface area contributed by atoms with Gasteiger partial charge in [-0.15, -0.1) is 0 Å². The molecule has 1 N–H and O–H groups in total. The quantitative estimate of drug-likeness (QED) is 0.897. The van der Waals surface area contributed by atoms with Crippen molar-refractivity contribution >= 4 is 5.69 Å². The van der Waals surface area contributed by atoms with Crippen LogP contribution in [0, 0.1) is 0 Å². The number of rotatable bonds is 5. The first-order chi connectivity index (χ1) is 10.0.